The molecule has 3 rings (SSSR count). The van der Waals surface area contributed by atoms with Gasteiger partial charge < -0.3 is 0 Å². The third kappa shape index (κ3) is 8.19. The van der Waals surface area contributed by atoms with Crippen LogP contribution in [0.15, 0.2) is 84.9 Å². The Morgan fingerprint density at radius 2 is 0.667 bits per heavy atom. The standard InChI is InChI=1S/C30H38/c1-25(13-17-27-9-5-3-6-10-27)15-19-29-21-23-30(24-22-29)20-16-26(2)14-18-28-11-7-4-8-12-28/h3-12,21-26H,13-20H2,1-2H3. The van der Waals surface area contributed by atoms with Crippen LogP contribution >= 0.6 is 0 Å². The van der Waals surface area contributed by atoms with Crippen LogP contribution in [0.1, 0.15) is 61.8 Å². The normalized spacial score (nSPS) is 13.1. The van der Waals surface area contributed by atoms with Crippen LogP contribution < -0.4 is 0 Å². The largest absolute Gasteiger partial charge is 0.0625 e. The van der Waals surface area contributed by atoms with Gasteiger partial charge in [-0.3, -0.25) is 0 Å². The molecular formula is C30H38. The quantitative estimate of drug-likeness (QED) is 0.289. The first-order valence-corrected chi connectivity index (χ1v) is 11.8. The Bertz CT molecular complexity index is 744. The second-order valence-electron chi connectivity index (χ2n) is 9.15. The molecule has 0 heterocycles. The first-order valence-electron chi connectivity index (χ1n) is 11.8. The van der Waals surface area contributed by atoms with Crippen molar-refractivity contribution in [3.63, 3.8) is 0 Å². The van der Waals surface area contributed by atoms with Crippen molar-refractivity contribution in [3.05, 3.63) is 107 Å². The first kappa shape index (κ1) is 22.3. The summed E-state index contributed by atoms with van der Waals surface area (Å²) in [5.41, 5.74) is 5.91. The summed E-state index contributed by atoms with van der Waals surface area (Å²) in [6.45, 7) is 4.79. The molecule has 0 aromatic heterocycles. The molecule has 0 nitrogen and oxygen atoms in total. The predicted molar refractivity (Wildman–Crippen MR) is 131 cm³/mol. The van der Waals surface area contributed by atoms with Gasteiger partial charge in [0.25, 0.3) is 0 Å². The monoisotopic (exact) mass is 398 g/mol. The highest BCUT2D eigenvalue weighted by atomic mass is 14.1. The Morgan fingerprint density at radius 1 is 0.400 bits per heavy atom. The van der Waals surface area contributed by atoms with Gasteiger partial charge in [0.2, 0.25) is 0 Å². The van der Waals surface area contributed by atoms with Gasteiger partial charge in [-0.15, -0.1) is 0 Å². The van der Waals surface area contributed by atoms with Gasteiger partial charge in [0.1, 0.15) is 0 Å². The molecule has 0 spiro atoms. The maximum Gasteiger partial charge on any atom is -0.0276 e. The maximum atomic E-state index is 2.40. The fraction of sp³-hybridized carbons (Fsp3) is 0.400. The molecule has 0 aliphatic carbocycles. The zero-order valence-electron chi connectivity index (χ0n) is 18.9. The van der Waals surface area contributed by atoms with Gasteiger partial charge in [0.05, 0.1) is 0 Å². The van der Waals surface area contributed by atoms with Crippen LogP contribution in [-0.4, -0.2) is 0 Å². The molecule has 2 unspecified atom stereocenters. The molecule has 30 heavy (non-hydrogen) atoms. The van der Waals surface area contributed by atoms with Gasteiger partial charge in [0, 0.05) is 0 Å². The van der Waals surface area contributed by atoms with E-state index in [1.54, 1.807) is 0 Å². The molecule has 2 atom stereocenters. The topological polar surface area (TPSA) is 0 Å². The van der Waals surface area contributed by atoms with Crippen molar-refractivity contribution in [3.8, 4) is 0 Å². The van der Waals surface area contributed by atoms with Crippen molar-refractivity contribution < 1.29 is 0 Å². The van der Waals surface area contributed by atoms with Crippen molar-refractivity contribution in [2.24, 2.45) is 11.8 Å². The number of rotatable bonds is 12. The Hall–Kier alpha value is -2.34. The zero-order chi connectivity index (χ0) is 21.0. The van der Waals surface area contributed by atoms with Gasteiger partial charge in [-0.1, -0.05) is 98.8 Å². The predicted octanol–water partition coefficient (Wildman–Crippen LogP) is 8.09. The molecule has 0 heteroatoms. The third-order valence-corrected chi connectivity index (χ3v) is 6.41. The molecule has 158 valence electrons. The maximum absolute atomic E-state index is 2.40. The third-order valence-electron chi connectivity index (χ3n) is 6.41. The van der Waals surface area contributed by atoms with E-state index in [0.717, 1.165) is 11.8 Å². The van der Waals surface area contributed by atoms with Crippen molar-refractivity contribution in [1.29, 1.82) is 0 Å². The minimum Gasteiger partial charge on any atom is -0.0625 e. The minimum absolute atomic E-state index is 0.773. The lowest BCUT2D eigenvalue weighted by molar-refractivity contribution is 0.491. The summed E-state index contributed by atoms with van der Waals surface area (Å²) in [7, 11) is 0. The Kier molecular flexibility index (Phi) is 9.22. The Morgan fingerprint density at radius 3 is 0.967 bits per heavy atom. The highest BCUT2D eigenvalue weighted by Crippen LogP contribution is 2.19. The highest BCUT2D eigenvalue weighted by molar-refractivity contribution is 5.23. The summed E-state index contributed by atoms with van der Waals surface area (Å²) in [6.07, 6.45) is 9.91. The summed E-state index contributed by atoms with van der Waals surface area (Å²) in [5.74, 6) is 1.55. The number of hydrogen-bond donors (Lipinski definition) is 0. The molecule has 0 bridgehead atoms. The van der Waals surface area contributed by atoms with Crippen molar-refractivity contribution in [1.82, 2.24) is 0 Å². The van der Waals surface area contributed by atoms with E-state index in [0.29, 0.717) is 0 Å². The van der Waals surface area contributed by atoms with Crippen molar-refractivity contribution in [2.75, 3.05) is 0 Å². The van der Waals surface area contributed by atoms with E-state index < -0.39 is 0 Å². The molecule has 3 aromatic carbocycles. The summed E-state index contributed by atoms with van der Waals surface area (Å²) < 4.78 is 0. The van der Waals surface area contributed by atoms with Gasteiger partial charge in [0.15, 0.2) is 0 Å². The van der Waals surface area contributed by atoms with Gasteiger partial charge >= 0.3 is 0 Å². The number of aryl methyl sites for hydroxylation is 4. The van der Waals surface area contributed by atoms with E-state index in [4.69, 9.17) is 0 Å². The summed E-state index contributed by atoms with van der Waals surface area (Å²) >= 11 is 0. The SMILES string of the molecule is CC(CCc1ccccc1)CCc1ccc(CCC(C)CCc2ccccc2)cc1. The van der Waals surface area contributed by atoms with Gasteiger partial charge in [-0.2, -0.15) is 0 Å². The number of benzene rings is 3. The molecule has 0 amide bonds. The lowest BCUT2D eigenvalue weighted by Gasteiger charge is -2.13. The second kappa shape index (κ2) is 12.4. The molecule has 0 radical (unpaired) electrons. The van der Waals surface area contributed by atoms with Crippen LogP contribution in [0.4, 0.5) is 0 Å². The molecular weight excluding hydrogens is 360 g/mol. The van der Waals surface area contributed by atoms with E-state index in [1.807, 2.05) is 0 Å². The zero-order valence-corrected chi connectivity index (χ0v) is 18.9. The average molecular weight is 399 g/mol. The lowest BCUT2D eigenvalue weighted by Crippen LogP contribution is -2.01. The van der Waals surface area contributed by atoms with Crippen LogP contribution in [0, 0.1) is 11.8 Å². The fourth-order valence-electron chi connectivity index (χ4n) is 4.10. The molecule has 0 saturated carbocycles. The molecule has 0 saturated heterocycles. The van der Waals surface area contributed by atoms with Crippen LogP contribution in [0.3, 0.4) is 0 Å². The van der Waals surface area contributed by atoms with Crippen LogP contribution in [0.2, 0.25) is 0 Å². The second-order valence-corrected chi connectivity index (χ2v) is 9.15. The van der Waals surface area contributed by atoms with E-state index in [1.165, 1.54) is 73.6 Å². The van der Waals surface area contributed by atoms with Crippen molar-refractivity contribution in [2.45, 2.75) is 65.2 Å². The summed E-state index contributed by atoms with van der Waals surface area (Å²) in [5, 5.41) is 0. The van der Waals surface area contributed by atoms with E-state index >= 15 is 0 Å². The molecule has 0 aliphatic rings. The van der Waals surface area contributed by atoms with Gasteiger partial charge in [-0.05, 0) is 85.5 Å². The van der Waals surface area contributed by atoms with Crippen LogP contribution in [-0.2, 0) is 25.7 Å². The fourth-order valence-corrected chi connectivity index (χ4v) is 4.10. The van der Waals surface area contributed by atoms with Crippen molar-refractivity contribution >= 4 is 0 Å². The lowest BCUT2D eigenvalue weighted by atomic mass is 9.93. The van der Waals surface area contributed by atoms with Gasteiger partial charge in [-0.25, -0.2) is 0 Å². The van der Waals surface area contributed by atoms with Crippen LogP contribution in [0.25, 0.3) is 0 Å². The first-order chi connectivity index (χ1) is 14.7. The van der Waals surface area contributed by atoms with E-state index in [2.05, 4.69) is 98.8 Å². The number of hydrogen-bond acceptors (Lipinski definition) is 0. The van der Waals surface area contributed by atoms with E-state index in [9.17, 15) is 0 Å². The molecule has 0 aliphatic heterocycles. The smallest absolute Gasteiger partial charge is 0.0276 e. The Balaban J connectivity index is 1.33. The van der Waals surface area contributed by atoms with E-state index in [-0.39, 0.29) is 0 Å². The molecule has 0 N–H and O–H groups in total. The summed E-state index contributed by atoms with van der Waals surface area (Å²) in [4.78, 5) is 0. The average Bonchev–Trinajstić information content (AvgIpc) is 2.80. The molecule has 0 fully saturated rings. The Labute approximate surface area is 184 Å². The summed E-state index contributed by atoms with van der Waals surface area (Å²) in [6, 6.07) is 31.2. The minimum atomic E-state index is 0.773. The van der Waals surface area contributed by atoms with Crippen LogP contribution in [0.5, 0.6) is 0 Å². The highest BCUT2D eigenvalue weighted by Gasteiger charge is 2.06. The molecule has 3 aromatic rings.